The van der Waals surface area contributed by atoms with E-state index in [1.165, 1.54) is 31.2 Å². The van der Waals surface area contributed by atoms with Crippen molar-refractivity contribution in [3.63, 3.8) is 0 Å². The van der Waals surface area contributed by atoms with Crippen LogP contribution in [0.5, 0.6) is 0 Å². The van der Waals surface area contributed by atoms with Crippen LogP contribution < -0.4 is 11.1 Å². The fourth-order valence-corrected chi connectivity index (χ4v) is 2.51. The predicted octanol–water partition coefficient (Wildman–Crippen LogP) is 2.17. The summed E-state index contributed by atoms with van der Waals surface area (Å²) in [7, 11) is 0. The Bertz CT molecular complexity index is 759. The van der Waals surface area contributed by atoms with Gasteiger partial charge in [0.25, 0.3) is 11.8 Å². The molecule has 0 saturated heterocycles. The standard InChI is InChI=1S/C15H13FN2O4S/c1-8(22-15(21)9-4-2-3-5-11(9)16)13(20)18-14-10(12(17)19)6-7-23-14/h2-8H,1H3,(H2,17,19)(H,18,20)/t8-/m1/s1. The Morgan fingerprint density at radius 3 is 2.57 bits per heavy atom. The lowest BCUT2D eigenvalue weighted by Crippen LogP contribution is -2.30. The molecule has 1 aromatic heterocycles. The van der Waals surface area contributed by atoms with Crippen LogP contribution >= 0.6 is 11.3 Å². The molecule has 2 amide bonds. The molecule has 0 aliphatic heterocycles. The first-order valence-electron chi connectivity index (χ1n) is 6.54. The van der Waals surface area contributed by atoms with E-state index in [1.807, 2.05) is 0 Å². The van der Waals surface area contributed by atoms with E-state index < -0.39 is 29.7 Å². The first-order valence-corrected chi connectivity index (χ1v) is 7.41. The number of carbonyl (C=O) groups is 3. The summed E-state index contributed by atoms with van der Waals surface area (Å²) >= 11 is 1.11. The highest BCUT2D eigenvalue weighted by molar-refractivity contribution is 7.14. The van der Waals surface area contributed by atoms with Crippen LogP contribution in [0, 0.1) is 5.82 Å². The lowest BCUT2D eigenvalue weighted by molar-refractivity contribution is -0.123. The number of ether oxygens (including phenoxy) is 1. The Kier molecular flexibility index (Phi) is 5.07. The van der Waals surface area contributed by atoms with Crippen molar-refractivity contribution < 1.29 is 23.5 Å². The van der Waals surface area contributed by atoms with Gasteiger partial charge in [-0.25, -0.2) is 9.18 Å². The fraction of sp³-hybridized carbons (Fsp3) is 0.133. The molecule has 1 atom stereocenters. The Labute approximate surface area is 135 Å². The molecular weight excluding hydrogens is 323 g/mol. The fourth-order valence-electron chi connectivity index (χ4n) is 1.72. The number of anilines is 1. The third-order valence-corrected chi connectivity index (χ3v) is 3.74. The second-order valence-corrected chi connectivity index (χ2v) is 5.46. The van der Waals surface area contributed by atoms with E-state index in [9.17, 15) is 18.8 Å². The van der Waals surface area contributed by atoms with E-state index in [4.69, 9.17) is 10.5 Å². The molecule has 1 heterocycles. The van der Waals surface area contributed by atoms with Gasteiger partial charge in [0.05, 0.1) is 11.1 Å². The zero-order valence-electron chi connectivity index (χ0n) is 12.0. The molecular formula is C15H13FN2O4S. The smallest absolute Gasteiger partial charge is 0.341 e. The highest BCUT2D eigenvalue weighted by Crippen LogP contribution is 2.23. The maximum absolute atomic E-state index is 13.5. The third-order valence-electron chi connectivity index (χ3n) is 2.91. The topological polar surface area (TPSA) is 98.5 Å². The summed E-state index contributed by atoms with van der Waals surface area (Å²) in [6.07, 6.45) is -1.18. The number of carbonyl (C=O) groups excluding carboxylic acids is 3. The number of amides is 2. The van der Waals surface area contributed by atoms with Gasteiger partial charge in [0.1, 0.15) is 10.8 Å². The lowest BCUT2D eigenvalue weighted by Gasteiger charge is -2.13. The lowest BCUT2D eigenvalue weighted by atomic mass is 10.2. The summed E-state index contributed by atoms with van der Waals surface area (Å²) in [5.74, 6) is -3.02. The zero-order valence-corrected chi connectivity index (χ0v) is 12.9. The van der Waals surface area contributed by atoms with Gasteiger partial charge in [-0.3, -0.25) is 9.59 Å². The molecule has 3 N–H and O–H groups in total. The van der Waals surface area contributed by atoms with Gasteiger partial charge in [-0.15, -0.1) is 11.3 Å². The number of thiophene rings is 1. The van der Waals surface area contributed by atoms with Crippen LogP contribution in [0.15, 0.2) is 35.7 Å². The first kappa shape index (κ1) is 16.6. The van der Waals surface area contributed by atoms with Crippen molar-refractivity contribution in [2.24, 2.45) is 5.73 Å². The minimum Gasteiger partial charge on any atom is -0.449 e. The van der Waals surface area contributed by atoms with Crippen molar-refractivity contribution in [2.45, 2.75) is 13.0 Å². The van der Waals surface area contributed by atoms with Gasteiger partial charge >= 0.3 is 5.97 Å². The van der Waals surface area contributed by atoms with Gasteiger partial charge < -0.3 is 15.8 Å². The summed E-state index contributed by atoms with van der Waals surface area (Å²) in [6.45, 7) is 1.34. The first-order chi connectivity index (χ1) is 10.9. The molecule has 0 aliphatic rings. The Balaban J connectivity index is 2.03. The van der Waals surface area contributed by atoms with E-state index in [0.29, 0.717) is 0 Å². The molecule has 0 radical (unpaired) electrons. The maximum atomic E-state index is 13.5. The van der Waals surface area contributed by atoms with Crippen LogP contribution in [-0.4, -0.2) is 23.9 Å². The summed E-state index contributed by atoms with van der Waals surface area (Å²) in [5.41, 5.74) is 5.07. The van der Waals surface area contributed by atoms with Crippen molar-refractivity contribution in [3.8, 4) is 0 Å². The van der Waals surface area contributed by atoms with Crippen molar-refractivity contribution >= 4 is 34.1 Å². The highest BCUT2D eigenvalue weighted by Gasteiger charge is 2.22. The Morgan fingerprint density at radius 2 is 1.91 bits per heavy atom. The molecule has 120 valence electrons. The van der Waals surface area contributed by atoms with Gasteiger partial charge in [-0.1, -0.05) is 12.1 Å². The Morgan fingerprint density at radius 1 is 1.22 bits per heavy atom. The maximum Gasteiger partial charge on any atom is 0.341 e. The number of benzene rings is 1. The van der Waals surface area contributed by atoms with E-state index in [-0.39, 0.29) is 16.1 Å². The van der Waals surface area contributed by atoms with Crippen LogP contribution in [0.3, 0.4) is 0 Å². The molecule has 0 saturated carbocycles. The molecule has 6 nitrogen and oxygen atoms in total. The molecule has 0 aliphatic carbocycles. The Hall–Kier alpha value is -2.74. The SMILES string of the molecule is C[C@@H](OC(=O)c1ccccc1F)C(=O)Nc1sccc1C(N)=O. The van der Waals surface area contributed by atoms with Crippen molar-refractivity contribution in [2.75, 3.05) is 5.32 Å². The summed E-state index contributed by atoms with van der Waals surface area (Å²) < 4.78 is 18.4. The van der Waals surface area contributed by atoms with Crippen LogP contribution in [0.1, 0.15) is 27.6 Å². The molecule has 0 bridgehead atoms. The quantitative estimate of drug-likeness (QED) is 0.818. The minimum atomic E-state index is -1.18. The normalized spacial score (nSPS) is 11.6. The van der Waals surface area contributed by atoms with Gasteiger partial charge in [-0.05, 0) is 30.5 Å². The van der Waals surface area contributed by atoms with Crippen molar-refractivity contribution in [1.29, 1.82) is 0 Å². The largest absolute Gasteiger partial charge is 0.449 e. The molecule has 0 unspecified atom stereocenters. The van der Waals surface area contributed by atoms with E-state index >= 15 is 0 Å². The number of esters is 1. The highest BCUT2D eigenvalue weighted by atomic mass is 32.1. The summed E-state index contributed by atoms with van der Waals surface area (Å²) in [6, 6.07) is 6.76. The van der Waals surface area contributed by atoms with Crippen molar-refractivity contribution in [1.82, 2.24) is 0 Å². The zero-order chi connectivity index (χ0) is 17.0. The number of rotatable bonds is 5. The van der Waals surface area contributed by atoms with Gasteiger partial charge in [0.15, 0.2) is 6.10 Å². The molecule has 2 aromatic rings. The second kappa shape index (κ2) is 7.01. The predicted molar refractivity (Wildman–Crippen MR) is 82.7 cm³/mol. The molecule has 1 aromatic carbocycles. The summed E-state index contributed by atoms with van der Waals surface area (Å²) in [5, 5.41) is 4.30. The van der Waals surface area contributed by atoms with E-state index in [2.05, 4.69) is 5.32 Å². The van der Waals surface area contributed by atoms with Crippen LogP contribution in [0.4, 0.5) is 9.39 Å². The number of halogens is 1. The average molecular weight is 336 g/mol. The number of primary amides is 1. The number of nitrogens with two attached hydrogens (primary N) is 1. The van der Waals surface area contributed by atoms with Gasteiger partial charge in [0.2, 0.25) is 0 Å². The molecule has 23 heavy (non-hydrogen) atoms. The van der Waals surface area contributed by atoms with Crippen LogP contribution in [0.25, 0.3) is 0 Å². The van der Waals surface area contributed by atoms with Gasteiger partial charge in [-0.2, -0.15) is 0 Å². The molecule has 0 spiro atoms. The summed E-state index contributed by atoms with van der Waals surface area (Å²) in [4.78, 5) is 35.0. The van der Waals surface area contributed by atoms with Crippen LogP contribution in [0.2, 0.25) is 0 Å². The third kappa shape index (κ3) is 3.92. The molecule has 8 heteroatoms. The van der Waals surface area contributed by atoms with Crippen LogP contribution in [-0.2, 0) is 9.53 Å². The van der Waals surface area contributed by atoms with E-state index in [0.717, 1.165) is 17.4 Å². The average Bonchev–Trinajstić information content (AvgIpc) is 2.95. The second-order valence-electron chi connectivity index (χ2n) is 4.54. The van der Waals surface area contributed by atoms with E-state index in [1.54, 1.807) is 5.38 Å². The molecule has 0 fully saturated rings. The monoisotopic (exact) mass is 336 g/mol. The molecule has 2 rings (SSSR count). The van der Waals surface area contributed by atoms with Gasteiger partial charge in [0, 0.05) is 0 Å². The number of nitrogens with one attached hydrogen (secondary N) is 1. The van der Waals surface area contributed by atoms with Crippen molar-refractivity contribution in [3.05, 3.63) is 52.7 Å². The number of hydrogen-bond donors (Lipinski definition) is 2. The number of hydrogen-bond acceptors (Lipinski definition) is 5. The minimum absolute atomic E-state index is 0.163.